The van der Waals surface area contributed by atoms with Crippen LogP contribution in [0.15, 0.2) is 42.6 Å². The van der Waals surface area contributed by atoms with Crippen molar-refractivity contribution in [1.29, 1.82) is 0 Å². The third-order valence-corrected chi connectivity index (χ3v) is 14.1. The number of carbonyl (C=O) groups excluding carboxylic acids is 4. The molecule has 17 heteroatoms. The summed E-state index contributed by atoms with van der Waals surface area (Å²) in [5.74, 6) is -2.34. The SMILES string of the molecule is CC[C@@H]1C[C@H](C)CCC=C[C@@H]2C[C@@]2(C(=O)NS(=O)(=O)C2(C)CC2)NC(=O)[C@@H]2C[C@@H](Oc3nccc4cc(OC)ccc34)CN2C(=O)[C@H]1NC(=O)OC(C)(C)C(F)F. The van der Waals surface area contributed by atoms with Crippen LogP contribution in [0.3, 0.4) is 0 Å². The zero-order valence-corrected chi connectivity index (χ0v) is 34.0. The Balaban J connectivity index is 1.36. The summed E-state index contributed by atoms with van der Waals surface area (Å²) in [6.45, 7) is 7.42. The van der Waals surface area contributed by atoms with E-state index in [0.29, 0.717) is 49.7 Å². The Morgan fingerprint density at radius 3 is 2.56 bits per heavy atom. The number of benzene rings is 1. The second kappa shape index (κ2) is 16.0. The van der Waals surface area contributed by atoms with E-state index in [4.69, 9.17) is 14.2 Å². The number of hydrogen-bond acceptors (Lipinski definition) is 10. The normalized spacial score (nSPS) is 29.0. The molecule has 0 spiro atoms. The molecule has 1 aromatic carbocycles. The van der Waals surface area contributed by atoms with Crippen LogP contribution in [0.1, 0.15) is 86.0 Å². The van der Waals surface area contributed by atoms with Crippen molar-refractivity contribution in [1.82, 2.24) is 25.2 Å². The third-order valence-electron chi connectivity index (χ3n) is 12.0. The molecule has 3 heterocycles. The number of hydrogen-bond donors (Lipinski definition) is 3. The molecule has 2 aromatic rings. The fraction of sp³-hybridized carbons (Fsp3) is 0.625. The van der Waals surface area contributed by atoms with Crippen LogP contribution >= 0.6 is 0 Å². The highest BCUT2D eigenvalue weighted by Crippen LogP contribution is 2.47. The van der Waals surface area contributed by atoms with Gasteiger partial charge in [-0.3, -0.25) is 19.1 Å². The predicted octanol–water partition coefficient (Wildman–Crippen LogP) is 5.01. The zero-order valence-electron chi connectivity index (χ0n) is 33.2. The van der Waals surface area contributed by atoms with Crippen LogP contribution in [0.4, 0.5) is 13.6 Å². The fourth-order valence-electron chi connectivity index (χ4n) is 7.76. The molecule has 2 aliphatic carbocycles. The number of fused-ring (bicyclic) bond motifs is 3. The van der Waals surface area contributed by atoms with Crippen molar-refractivity contribution in [3.8, 4) is 11.6 Å². The van der Waals surface area contributed by atoms with Gasteiger partial charge in [0.25, 0.3) is 12.3 Å². The van der Waals surface area contributed by atoms with Gasteiger partial charge in [0.1, 0.15) is 29.5 Å². The number of rotatable bonds is 10. The number of methoxy groups -OCH3 is 1. The van der Waals surface area contributed by atoms with Crippen molar-refractivity contribution in [3.63, 3.8) is 0 Å². The molecule has 1 aromatic heterocycles. The van der Waals surface area contributed by atoms with Gasteiger partial charge in [-0.2, -0.15) is 0 Å². The number of sulfonamides is 1. The predicted molar refractivity (Wildman–Crippen MR) is 206 cm³/mol. The molecular formula is C40H53F2N5O9S. The third kappa shape index (κ3) is 8.82. The molecule has 2 aliphatic heterocycles. The van der Waals surface area contributed by atoms with Crippen molar-refractivity contribution in [2.45, 2.75) is 126 Å². The van der Waals surface area contributed by atoms with Gasteiger partial charge in [-0.05, 0) is 101 Å². The van der Waals surface area contributed by atoms with Crippen LogP contribution in [0.25, 0.3) is 10.8 Å². The Bertz CT molecular complexity index is 2030. The minimum atomic E-state index is -4.05. The van der Waals surface area contributed by atoms with E-state index < -0.39 is 86.2 Å². The highest BCUT2D eigenvalue weighted by molar-refractivity contribution is 7.91. The molecule has 4 amide bonds. The minimum Gasteiger partial charge on any atom is -0.497 e. The first-order valence-electron chi connectivity index (χ1n) is 19.6. The van der Waals surface area contributed by atoms with E-state index in [-0.39, 0.29) is 31.2 Å². The molecule has 0 radical (unpaired) electrons. The van der Waals surface area contributed by atoms with Crippen LogP contribution in [-0.2, 0) is 29.1 Å². The number of nitrogens with zero attached hydrogens (tertiary/aromatic N) is 2. The number of amides is 4. The average molecular weight is 818 g/mol. The van der Waals surface area contributed by atoms with Gasteiger partial charge in [0, 0.05) is 23.9 Å². The topological polar surface area (TPSA) is 182 Å². The Morgan fingerprint density at radius 2 is 1.89 bits per heavy atom. The zero-order chi connectivity index (χ0) is 41.5. The number of carbonyl (C=O) groups is 4. The highest BCUT2D eigenvalue weighted by atomic mass is 32.2. The lowest BCUT2D eigenvalue weighted by molar-refractivity contribution is -0.142. The van der Waals surface area contributed by atoms with Crippen LogP contribution in [-0.4, -0.2) is 96.3 Å². The lowest BCUT2D eigenvalue weighted by Crippen LogP contribution is -2.59. The molecule has 0 unspecified atom stereocenters. The lowest BCUT2D eigenvalue weighted by atomic mass is 9.85. The minimum absolute atomic E-state index is 0.0355. The van der Waals surface area contributed by atoms with E-state index in [1.807, 2.05) is 32.1 Å². The van der Waals surface area contributed by atoms with Crippen molar-refractivity contribution in [3.05, 3.63) is 42.6 Å². The molecule has 0 bridgehead atoms. The van der Waals surface area contributed by atoms with Crippen molar-refractivity contribution >= 4 is 44.6 Å². The number of nitrogens with one attached hydrogen (secondary N) is 3. The summed E-state index contributed by atoms with van der Waals surface area (Å²) >= 11 is 0. The van der Waals surface area contributed by atoms with Crippen molar-refractivity contribution < 1.29 is 50.6 Å². The van der Waals surface area contributed by atoms with Gasteiger partial charge in [0.15, 0.2) is 5.60 Å². The van der Waals surface area contributed by atoms with Gasteiger partial charge in [0.05, 0.1) is 18.4 Å². The number of allylic oxidation sites excluding steroid dienone is 1. The first-order valence-corrected chi connectivity index (χ1v) is 21.0. The molecule has 3 N–H and O–H groups in total. The maximum absolute atomic E-state index is 14.9. The van der Waals surface area contributed by atoms with Crippen molar-refractivity contribution in [2.75, 3.05) is 13.7 Å². The summed E-state index contributed by atoms with van der Waals surface area (Å²) in [5, 5.41) is 6.84. The summed E-state index contributed by atoms with van der Waals surface area (Å²) in [4.78, 5) is 62.3. The van der Waals surface area contributed by atoms with Gasteiger partial charge in [0.2, 0.25) is 27.7 Å². The van der Waals surface area contributed by atoms with Crippen molar-refractivity contribution in [2.24, 2.45) is 17.8 Å². The molecule has 6 rings (SSSR count). The molecule has 1 saturated heterocycles. The summed E-state index contributed by atoms with van der Waals surface area (Å²) in [7, 11) is -2.50. The first-order chi connectivity index (χ1) is 26.8. The first kappa shape index (κ1) is 42.1. The van der Waals surface area contributed by atoms with Gasteiger partial charge in [-0.25, -0.2) is 27.0 Å². The molecule has 57 heavy (non-hydrogen) atoms. The smallest absolute Gasteiger partial charge is 0.408 e. The van der Waals surface area contributed by atoms with Gasteiger partial charge < -0.3 is 29.7 Å². The second-order valence-corrected chi connectivity index (χ2v) is 19.0. The summed E-state index contributed by atoms with van der Waals surface area (Å²) in [6.07, 6.45) is 3.31. The van der Waals surface area contributed by atoms with Crippen LogP contribution in [0, 0.1) is 17.8 Å². The highest BCUT2D eigenvalue weighted by Gasteiger charge is 2.63. The lowest BCUT2D eigenvalue weighted by Gasteiger charge is -2.34. The Hall–Kier alpha value is -4.54. The molecule has 7 atom stereocenters. The van der Waals surface area contributed by atoms with Crippen LogP contribution in [0.5, 0.6) is 11.6 Å². The van der Waals surface area contributed by atoms with Gasteiger partial charge in [-0.15, -0.1) is 0 Å². The average Bonchev–Trinajstić information content (AvgIpc) is 4.04. The Kier molecular flexibility index (Phi) is 11.8. The number of alkyl carbamates (subject to hydrolysis) is 1. The number of halogens is 2. The van der Waals surface area contributed by atoms with Gasteiger partial charge in [-0.1, -0.05) is 32.4 Å². The fourth-order valence-corrected chi connectivity index (χ4v) is 9.07. The van der Waals surface area contributed by atoms with E-state index in [1.54, 1.807) is 38.4 Å². The van der Waals surface area contributed by atoms with E-state index in [2.05, 4.69) is 20.3 Å². The number of pyridine rings is 1. The largest absolute Gasteiger partial charge is 0.497 e. The maximum atomic E-state index is 14.9. The Morgan fingerprint density at radius 1 is 1.16 bits per heavy atom. The van der Waals surface area contributed by atoms with E-state index in [9.17, 15) is 36.4 Å². The van der Waals surface area contributed by atoms with E-state index in [1.165, 1.54) is 4.90 Å². The summed E-state index contributed by atoms with van der Waals surface area (Å²) in [5.41, 5.74) is -3.76. The summed E-state index contributed by atoms with van der Waals surface area (Å²) in [6, 6.07) is 4.59. The quantitative estimate of drug-likeness (QED) is 0.276. The van der Waals surface area contributed by atoms with E-state index >= 15 is 0 Å². The Labute approximate surface area is 331 Å². The molecule has 4 aliphatic rings. The maximum Gasteiger partial charge on any atom is 0.408 e. The molecule has 3 fully saturated rings. The molecule has 14 nitrogen and oxygen atoms in total. The standard InChI is InChI=1S/C40H53F2N5O9S/c1-7-24-18-23(2)10-8-9-11-26-21-40(26,36(50)46-57(52,53)39(5)15-16-39)45-32(48)30-20-28(55-33-29-13-12-27(54-6)19-25(29)14-17-43-33)22-47(30)34(49)31(24)44-37(51)56-38(3,4)35(41)42/h9,11-14,17,19,23-24,26,28,30-31,35H,7-8,10,15-16,18,20-22H2,1-6H3,(H,44,51)(H,45,48)(H,46,50)/t23-,24-,26-,28-,30+,31+,40-/m1/s1. The molecule has 2 saturated carbocycles. The molecular weight excluding hydrogens is 765 g/mol. The van der Waals surface area contributed by atoms with Gasteiger partial charge >= 0.3 is 6.09 Å². The number of alkyl halides is 2. The number of ether oxygens (including phenoxy) is 3. The second-order valence-electron chi connectivity index (χ2n) is 16.8. The summed E-state index contributed by atoms with van der Waals surface area (Å²) < 4.78 is 71.9. The van der Waals surface area contributed by atoms with Crippen LogP contribution < -0.4 is 24.8 Å². The van der Waals surface area contributed by atoms with E-state index in [0.717, 1.165) is 19.2 Å². The van der Waals surface area contributed by atoms with Crippen LogP contribution in [0.2, 0.25) is 0 Å². The molecule has 312 valence electrons. The number of aromatic nitrogens is 1. The monoisotopic (exact) mass is 817 g/mol.